The van der Waals surface area contributed by atoms with E-state index >= 15 is 0 Å². The van der Waals surface area contributed by atoms with Crippen molar-refractivity contribution < 1.29 is 0 Å². The second-order valence-electron chi connectivity index (χ2n) is 2.49. The van der Waals surface area contributed by atoms with Gasteiger partial charge in [-0.05, 0) is 24.3 Å². The highest BCUT2D eigenvalue weighted by Gasteiger charge is 1.95. The Balaban J connectivity index is 2.67. The predicted molar refractivity (Wildman–Crippen MR) is 52.2 cm³/mol. The van der Waals surface area contributed by atoms with E-state index in [1.807, 2.05) is 24.3 Å². The van der Waals surface area contributed by atoms with E-state index in [0.29, 0.717) is 0 Å². The van der Waals surface area contributed by atoms with Crippen LogP contribution in [0.15, 0.2) is 30.5 Å². The molecule has 0 aromatic carbocycles. The largest absolute Gasteiger partial charge is 0.237 e. The first-order chi connectivity index (χ1) is 5.90. The van der Waals surface area contributed by atoms with Gasteiger partial charge >= 0.3 is 0 Å². The molecule has 0 atom stereocenters. The molecule has 0 spiro atoms. The van der Waals surface area contributed by atoms with Crippen molar-refractivity contribution in [2.24, 2.45) is 0 Å². The molecule has 0 bridgehead atoms. The lowest BCUT2D eigenvalue weighted by molar-refractivity contribution is 1.19. The average molecular weight is 223 g/mol. The van der Waals surface area contributed by atoms with Crippen molar-refractivity contribution in [1.29, 1.82) is 0 Å². The standard InChI is InChI=1S/C9H7BrN2/c10-6-8-4-3-7-2-1-5-11-9(7)12-8/h1-5H,6H2. The Morgan fingerprint density at radius 1 is 1.25 bits per heavy atom. The van der Waals surface area contributed by atoms with Gasteiger partial charge in [0, 0.05) is 16.9 Å². The topological polar surface area (TPSA) is 25.8 Å². The van der Waals surface area contributed by atoms with Crippen molar-refractivity contribution in [1.82, 2.24) is 9.97 Å². The molecule has 2 nitrogen and oxygen atoms in total. The minimum Gasteiger partial charge on any atom is -0.237 e. The number of pyridine rings is 2. The fourth-order valence-electron chi connectivity index (χ4n) is 1.07. The van der Waals surface area contributed by atoms with Crippen LogP contribution in [0.4, 0.5) is 0 Å². The zero-order chi connectivity index (χ0) is 8.39. The van der Waals surface area contributed by atoms with Crippen LogP contribution in [-0.2, 0) is 5.33 Å². The molecule has 0 N–H and O–H groups in total. The summed E-state index contributed by atoms with van der Waals surface area (Å²) in [4.78, 5) is 8.49. The fourth-order valence-corrected chi connectivity index (χ4v) is 1.38. The Kier molecular flexibility index (Phi) is 2.04. The molecular weight excluding hydrogens is 216 g/mol. The molecule has 0 fully saturated rings. The molecular formula is C9H7BrN2. The number of hydrogen-bond acceptors (Lipinski definition) is 2. The van der Waals surface area contributed by atoms with Crippen molar-refractivity contribution in [2.45, 2.75) is 5.33 Å². The van der Waals surface area contributed by atoms with Crippen LogP contribution in [0.1, 0.15) is 5.69 Å². The molecule has 60 valence electrons. The van der Waals surface area contributed by atoms with Crippen LogP contribution >= 0.6 is 15.9 Å². The number of hydrogen-bond donors (Lipinski definition) is 0. The third kappa shape index (κ3) is 1.32. The SMILES string of the molecule is BrCc1ccc2cccnc2n1. The normalized spacial score (nSPS) is 10.4. The molecule has 12 heavy (non-hydrogen) atoms. The number of aromatic nitrogens is 2. The lowest BCUT2D eigenvalue weighted by atomic mass is 10.3. The summed E-state index contributed by atoms with van der Waals surface area (Å²) in [5.41, 5.74) is 1.83. The van der Waals surface area contributed by atoms with E-state index in [-0.39, 0.29) is 0 Å². The summed E-state index contributed by atoms with van der Waals surface area (Å²) in [5, 5.41) is 1.86. The first-order valence-corrected chi connectivity index (χ1v) is 4.79. The Labute approximate surface area is 78.8 Å². The maximum atomic E-state index is 4.34. The van der Waals surface area contributed by atoms with Gasteiger partial charge in [-0.2, -0.15) is 0 Å². The lowest BCUT2D eigenvalue weighted by Gasteiger charge is -1.97. The lowest BCUT2D eigenvalue weighted by Crippen LogP contribution is -1.87. The van der Waals surface area contributed by atoms with Crippen molar-refractivity contribution in [2.75, 3.05) is 0 Å². The van der Waals surface area contributed by atoms with E-state index in [2.05, 4.69) is 25.9 Å². The number of halogens is 1. The molecule has 0 radical (unpaired) electrons. The van der Waals surface area contributed by atoms with Gasteiger partial charge in [-0.25, -0.2) is 9.97 Å². The van der Waals surface area contributed by atoms with Crippen LogP contribution in [0.25, 0.3) is 11.0 Å². The molecule has 0 amide bonds. The van der Waals surface area contributed by atoms with Gasteiger partial charge < -0.3 is 0 Å². The molecule has 0 unspecified atom stereocenters. The van der Waals surface area contributed by atoms with Gasteiger partial charge in [-0.1, -0.05) is 15.9 Å². The van der Waals surface area contributed by atoms with Crippen molar-refractivity contribution in [3.63, 3.8) is 0 Å². The molecule has 0 aliphatic heterocycles. The van der Waals surface area contributed by atoms with Crippen LogP contribution in [0.5, 0.6) is 0 Å². The quantitative estimate of drug-likeness (QED) is 0.694. The minimum absolute atomic E-state index is 0.777. The maximum absolute atomic E-state index is 4.34. The smallest absolute Gasteiger partial charge is 0.159 e. The minimum atomic E-state index is 0.777. The van der Waals surface area contributed by atoms with E-state index in [1.165, 1.54) is 0 Å². The van der Waals surface area contributed by atoms with Crippen LogP contribution < -0.4 is 0 Å². The van der Waals surface area contributed by atoms with Gasteiger partial charge in [0.25, 0.3) is 0 Å². The van der Waals surface area contributed by atoms with E-state index in [1.54, 1.807) is 6.20 Å². The molecule has 0 aliphatic rings. The Bertz CT molecular complexity index is 400. The molecule has 0 saturated heterocycles. The summed E-state index contributed by atoms with van der Waals surface area (Å²) in [5.74, 6) is 0. The summed E-state index contributed by atoms with van der Waals surface area (Å²) >= 11 is 3.35. The monoisotopic (exact) mass is 222 g/mol. The summed E-state index contributed by atoms with van der Waals surface area (Å²) in [6, 6.07) is 7.95. The maximum Gasteiger partial charge on any atom is 0.159 e. The molecule has 2 heterocycles. The molecule has 2 rings (SSSR count). The number of nitrogens with zero attached hydrogens (tertiary/aromatic N) is 2. The summed E-state index contributed by atoms with van der Waals surface area (Å²) in [6.45, 7) is 0. The molecule has 2 aromatic rings. The third-order valence-electron chi connectivity index (χ3n) is 1.66. The summed E-state index contributed by atoms with van der Waals surface area (Å²) in [6.07, 6.45) is 1.76. The van der Waals surface area contributed by atoms with Gasteiger partial charge in [-0.15, -0.1) is 0 Å². The first kappa shape index (κ1) is 7.68. The number of alkyl halides is 1. The fraction of sp³-hybridized carbons (Fsp3) is 0.111. The second kappa shape index (κ2) is 3.19. The Morgan fingerprint density at radius 2 is 2.17 bits per heavy atom. The highest BCUT2D eigenvalue weighted by molar-refractivity contribution is 9.08. The van der Waals surface area contributed by atoms with Crippen LogP contribution in [0.2, 0.25) is 0 Å². The van der Waals surface area contributed by atoms with E-state index in [4.69, 9.17) is 0 Å². The Hall–Kier alpha value is -0.960. The van der Waals surface area contributed by atoms with E-state index < -0.39 is 0 Å². The molecule has 0 saturated carbocycles. The molecule has 0 aliphatic carbocycles. The summed E-state index contributed by atoms with van der Waals surface area (Å²) in [7, 11) is 0. The first-order valence-electron chi connectivity index (χ1n) is 3.67. The summed E-state index contributed by atoms with van der Waals surface area (Å²) < 4.78 is 0. The Morgan fingerprint density at radius 3 is 3.00 bits per heavy atom. The van der Waals surface area contributed by atoms with Crippen LogP contribution in [0, 0.1) is 0 Å². The van der Waals surface area contributed by atoms with Crippen molar-refractivity contribution >= 4 is 27.0 Å². The molecule has 3 heteroatoms. The number of rotatable bonds is 1. The van der Waals surface area contributed by atoms with Gasteiger partial charge in [0.2, 0.25) is 0 Å². The van der Waals surface area contributed by atoms with Crippen LogP contribution in [0.3, 0.4) is 0 Å². The number of fused-ring (bicyclic) bond motifs is 1. The third-order valence-corrected chi connectivity index (χ3v) is 2.23. The van der Waals surface area contributed by atoms with Gasteiger partial charge in [0.15, 0.2) is 5.65 Å². The van der Waals surface area contributed by atoms with Crippen molar-refractivity contribution in [3.8, 4) is 0 Å². The van der Waals surface area contributed by atoms with E-state index in [0.717, 1.165) is 22.1 Å². The van der Waals surface area contributed by atoms with Crippen LogP contribution in [-0.4, -0.2) is 9.97 Å². The molecule has 2 aromatic heterocycles. The van der Waals surface area contributed by atoms with E-state index in [9.17, 15) is 0 Å². The zero-order valence-corrected chi connectivity index (χ0v) is 7.95. The average Bonchev–Trinajstić information content (AvgIpc) is 2.17. The second-order valence-corrected chi connectivity index (χ2v) is 3.05. The predicted octanol–water partition coefficient (Wildman–Crippen LogP) is 2.52. The van der Waals surface area contributed by atoms with Crippen molar-refractivity contribution in [3.05, 3.63) is 36.2 Å². The zero-order valence-electron chi connectivity index (χ0n) is 6.37. The van der Waals surface area contributed by atoms with Gasteiger partial charge in [0.1, 0.15) is 0 Å². The van der Waals surface area contributed by atoms with Gasteiger partial charge in [-0.3, -0.25) is 0 Å². The highest BCUT2D eigenvalue weighted by atomic mass is 79.9. The van der Waals surface area contributed by atoms with Gasteiger partial charge in [0.05, 0.1) is 5.69 Å². The highest BCUT2D eigenvalue weighted by Crippen LogP contribution is 2.10.